The minimum atomic E-state index is -0.951. The van der Waals surface area contributed by atoms with Crippen LogP contribution in [0.4, 0.5) is 0 Å². The predicted molar refractivity (Wildman–Crippen MR) is 86.1 cm³/mol. The first kappa shape index (κ1) is 16.4. The molecule has 0 spiro atoms. The molecule has 2 N–H and O–H groups in total. The first-order chi connectivity index (χ1) is 11.5. The highest BCUT2D eigenvalue weighted by atomic mass is 16.8. The molecule has 1 aromatic carbocycles. The maximum atomic E-state index is 10.2. The third kappa shape index (κ3) is 2.77. The Morgan fingerprint density at radius 2 is 2.00 bits per heavy atom. The Morgan fingerprint density at radius 3 is 2.75 bits per heavy atom. The smallest absolute Gasteiger partial charge is 0.189 e. The Balaban J connectivity index is 1.60. The highest BCUT2D eigenvalue weighted by molar-refractivity contribution is 5.29. The highest BCUT2D eigenvalue weighted by Gasteiger charge is 2.58. The van der Waals surface area contributed by atoms with Crippen molar-refractivity contribution in [3.63, 3.8) is 0 Å². The number of ether oxygens (including phenoxy) is 3. The first-order valence-electron chi connectivity index (χ1n) is 8.59. The van der Waals surface area contributed by atoms with E-state index in [9.17, 15) is 10.2 Å². The van der Waals surface area contributed by atoms with Gasteiger partial charge < -0.3 is 24.4 Å². The summed E-state index contributed by atoms with van der Waals surface area (Å²) < 4.78 is 17.8. The van der Waals surface area contributed by atoms with Gasteiger partial charge >= 0.3 is 0 Å². The second-order valence-electron chi connectivity index (χ2n) is 7.30. The zero-order chi connectivity index (χ0) is 16.9. The van der Waals surface area contributed by atoms with E-state index < -0.39 is 24.3 Å². The minimum absolute atomic E-state index is 0.146. The van der Waals surface area contributed by atoms with Crippen molar-refractivity contribution in [3.8, 4) is 0 Å². The van der Waals surface area contributed by atoms with Crippen molar-refractivity contribution in [2.45, 2.75) is 63.2 Å². The van der Waals surface area contributed by atoms with Crippen LogP contribution in [0.15, 0.2) is 24.3 Å². The number of hydrogen-bond acceptors (Lipinski definition) is 6. The molecule has 0 aliphatic carbocycles. The lowest BCUT2D eigenvalue weighted by Gasteiger charge is -2.39. The number of aliphatic hydroxyl groups excluding tert-OH is 2. The molecular formula is C18H25NO5. The van der Waals surface area contributed by atoms with Crippen molar-refractivity contribution in [2.24, 2.45) is 0 Å². The Labute approximate surface area is 141 Å². The van der Waals surface area contributed by atoms with Gasteiger partial charge in [0.2, 0.25) is 0 Å². The van der Waals surface area contributed by atoms with Gasteiger partial charge in [-0.2, -0.15) is 0 Å². The van der Waals surface area contributed by atoms with E-state index >= 15 is 0 Å². The summed E-state index contributed by atoms with van der Waals surface area (Å²) in [7, 11) is 0. The SMILES string of the molecule is CC1(C)O[C@H]2O[C@H](C(O)CO)[C@H](N3CCc4ccccc4C3)[C@H]2O1. The normalized spacial score (nSPS) is 36.3. The number of hydrogen-bond donors (Lipinski definition) is 2. The minimum Gasteiger partial charge on any atom is -0.394 e. The summed E-state index contributed by atoms with van der Waals surface area (Å²) in [6, 6.07) is 8.28. The van der Waals surface area contributed by atoms with Crippen LogP contribution in [0.5, 0.6) is 0 Å². The van der Waals surface area contributed by atoms with Crippen molar-refractivity contribution in [2.75, 3.05) is 13.2 Å². The van der Waals surface area contributed by atoms with Crippen molar-refractivity contribution in [1.29, 1.82) is 0 Å². The fraction of sp³-hybridized carbons (Fsp3) is 0.667. The third-order valence-corrected chi connectivity index (χ3v) is 5.20. The van der Waals surface area contributed by atoms with E-state index in [4.69, 9.17) is 14.2 Å². The van der Waals surface area contributed by atoms with Crippen molar-refractivity contribution < 1.29 is 24.4 Å². The number of benzene rings is 1. The summed E-state index contributed by atoms with van der Waals surface area (Å²) in [6.45, 7) is 5.05. The first-order valence-corrected chi connectivity index (χ1v) is 8.59. The second-order valence-corrected chi connectivity index (χ2v) is 7.30. The van der Waals surface area contributed by atoms with Crippen LogP contribution < -0.4 is 0 Å². The molecule has 0 saturated carbocycles. The van der Waals surface area contributed by atoms with E-state index in [2.05, 4.69) is 29.2 Å². The molecule has 4 rings (SSSR count). The highest BCUT2D eigenvalue weighted by Crippen LogP contribution is 2.41. The van der Waals surface area contributed by atoms with Gasteiger partial charge in [-0.15, -0.1) is 0 Å². The summed E-state index contributed by atoms with van der Waals surface area (Å²) in [6.07, 6.45) is -1.29. The second kappa shape index (κ2) is 6.05. The van der Waals surface area contributed by atoms with Crippen LogP contribution in [0, 0.1) is 0 Å². The molecule has 3 aliphatic heterocycles. The van der Waals surface area contributed by atoms with Crippen LogP contribution in [0.2, 0.25) is 0 Å². The quantitative estimate of drug-likeness (QED) is 0.845. The molecule has 1 unspecified atom stereocenters. The van der Waals surface area contributed by atoms with Gasteiger partial charge in [0.25, 0.3) is 0 Å². The Morgan fingerprint density at radius 1 is 1.25 bits per heavy atom. The topological polar surface area (TPSA) is 71.4 Å². The van der Waals surface area contributed by atoms with Crippen LogP contribution >= 0.6 is 0 Å². The maximum Gasteiger partial charge on any atom is 0.189 e. The van der Waals surface area contributed by atoms with E-state index in [1.807, 2.05) is 13.8 Å². The van der Waals surface area contributed by atoms with Gasteiger partial charge in [-0.25, -0.2) is 0 Å². The average molecular weight is 335 g/mol. The van der Waals surface area contributed by atoms with Crippen molar-refractivity contribution in [1.82, 2.24) is 4.90 Å². The third-order valence-electron chi connectivity index (χ3n) is 5.20. The molecule has 6 heteroatoms. The van der Waals surface area contributed by atoms with Gasteiger partial charge in [-0.1, -0.05) is 24.3 Å². The standard InChI is InChI=1S/C18H25NO5/c1-18(2)23-16-14(15(13(21)10-20)22-17(16)24-18)19-8-7-11-5-3-4-6-12(11)9-19/h3-6,13-17,20-21H,7-10H2,1-2H3/t13?,14-,15+,16+,17+/m0/s1. The van der Waals surface area contributed by atoms with E-state index in [0.29, 0.717) is 0 Å². The van der Waals surface area contributed by atoms with Gasteiger partial charge in [-0.05, 0) is 31.4 Å². The number of rotatable bonds is 3. The molecule has 6 nitrogen and oxygen atoms in total. The van der Waals surface area contributed by atoms with E-state index in [1.165, 1.54) is 11.1 Å². The van der Waals surface area contributed by atoms with Gasteiger partial charge in [0.1, 0.15) is 18.3 Å². The van der Waals surface area contributed by atoms with Crippen molar-refractivity contribution in [3.05, 3.63) is 35.4 Å². The number of aliphatic hydroxyl groups is 2. The van der Waals surface area contributed by atoms with Gasteiger partial charge in [0, 0.05) is 13.1 Å². The van der Waals surface area contributed by atoms with E-state index in [0.717, 1.165) is 19.5 Å². The molecule has 0 radical (unpaired) electrons. The maximum absolute atomic E-state index is 10.2. The average Bonchev–Trinajstić information content (AvgIpc) is 3.05. The molecule has 0 bridgehead atoms. The number of fused-ring (bicyclic) bond motifs is 2. The summed E-state index contributed by atoms with van der Waals surface area (Å²) in [5.74, 6) is -0.698. The lowest BCUT2D eigenvalue weighted by molar-refractivity contribution is -0.223. The van der Waals surface area contributed by atoms with Gasteiger partial charge in [0.15, 0.2) is 12.1 Å². The molecule has 2 saturated heterocycles. The molecule has 1 aromatic rings. The summed E-state index contributed by atoms with van der Waals surface area (Å²) >= 11 is 0. The largest absolute Gasteiger partial charge is 0.394 e. The molecule has 0 aromatic heterocycles. The Bertz CT molecular complexity index is 607. The van der Waals surface area contributed by atoms with Crippen LogP contribution in [0.1, 0.15) is 25.0 Å². The molecule has 5 atom stereocenters. The lowest BCUT2D eigenvalue weighted by Crippen LogP contribution is -2.53. The van der Waals surface area contributed by atoms with Crippen LogP contribution in [-0.4, -0.2) is 64.7 Å². The monoisotopic (exact) mass is 335 g/mol. The van der Waals surface area contributed by atoms with Crippen molar-refractivity contribution >= 4 is 0 Å². The molecule has 0 amide bonds. The molecule has 3 aliphatic rings. The van der Waals surface area contributed by atoms with Crippen LogP contribution in [0.25, 0.3) is 0 Å². The molecule has 2 fully saturated rings. The van der Waals surface area contributed by atoms with Gasteiger partial charge in [0.05, 0.1) is 12.6 Å². The summed E-state index contributed by atoms with van der Waals surface area (Å²) in [5.41, 5.74) is 2.66. The predicted octanol–water partition coefficient (Wildman–Crippen LogP) is 0.643. The Hall–Kier alpha value is -1.02. The van der Waals surface area contributed by atoms with E-state index in [-0.39, 0.29) is 18.8 Å². The molecular weight excluding hydrogens is 310 g/mol. The number of nitrogens with zero attached hydrogens (tertiary/aromatic N) is 1. The lowest BCUT2D eigenvalue weighted by atomic mass is 9.94. The summed E-state index contributed by atoms with van der Waals surface area (Å²) in [5, 5.41) is 19.6. The van der Waals surface area contributed by atoms with Gasteiger partial charge in [-0.3, -0.25) is 4.90 Å². The molecule has 132 valence electrons. The van der Waals surface area contributed by atoms with E-state index in [1.54, 1.807) is 0 Å². The summed E-state index contributed by atoms with van der Waals surface area (Å²) in [4.78, 5) is 2.29. The Kier molecular flexibility index (Phi) is 4.15. The fourth-order valence-electron chi connectivity index (χ4n) is 4.13. The zero-order valence-corrected chi connectivity index (χ0v) is 14.1. The van der Waals surface area contributed by atoms with Crippen LogP contribution in [0.3, 0.4) is 0 Å². The zero-order valence-electron chi connectivity index (χ0n) is 14.1. The molecule has 24 heavy (non-hydrogen) atoms. The van der Waals surface area contributed by atoms with Crippen LogP contribution in [-0.2, 0) is 27.2 Å². The molecule has 3 heterocycles. The fourth-order valence-corrected chi connectivity index (χ4v) is 4.13.